The molecule has 1 heterocycles. The molecule has 1 unspecified atom stereocenters. The van der Waals surface area contributed by atoms with Gasteiger partial charge in [0.25, 0.3) is 5.91 Å². The summed E-state index contributed by atoms with van der Waals surface area (Å²) >= 11 is 0. The van der Waals surface area contributed by atoms with Crippen molar-refractivity contribution in [3.63, 3.8) is 0 Å². The Labute approximate surface area is 141 Å². The molecule has 4 heteroatoms. The van der Waals surface area contributed by atoms with E-state index < -0.39 is 0 Å². The highest BCUT2D eigenvalue weighted by Gasteiger charge is 2.25. The maximum absolute atomic E-state index is 12.6. The van der Waals surface area contributed by atoms with Crippen LogP contribution in [-0.2, 0) is 11.2 Å². The zero-order chi connectivity index (χ0) is 16.5. The van der Waals surface area contributed by atoms with Gasteiger partial charge in [-0.3, -0.25) is 9.59 Å². The third kappa shape index (κ3) is 2.68. The van der Waals surface area contributed by atoms with Crippen LogP contribution in [0.1, 0.15) is 46.8 Å². The molecule has 2 aliphatic rings. The third-order valence-corrected chi connectivity index (χ3v) is 4.93. The molecule has 4 nitrogen and oxygen atoms in total. The fourth-order valence-corrected chi connectivity index (χ4v) is 3.68. The van der Waals surface area contributed by atoms with E-state index in [1.54, 1.807) is 11.0 Å². The van der Waals surface area contributed by atoms with Crippen LogP contribution in [0.3, 0.4) is 0 Å². The van der Waals surface area contributed by atoms with Gasteiger partial charge < -0.3 is 10.2 Å². The molecule has 2 aromatic carbocycles. The molecule has 0 radical (unpaired) electrons. The number of fused-ring (bicyclic) bond motifs is 1. The Morgan fingerprint density at radius 1 is 1.08 bits per heavy atom. The maximum atomic E-state index is 12.6. The van der Waals surface area contributed by atoms with Gasteiger partial charge in [-0.1, -0.05) is 30.3 Å². The van der Waals surface area contributed by atoms with Crippen molar-refractivity contribution in [1.82, 2.24) is 5.32 Å². The average molecular weight is 320 g/mol. The predicted molar refractivity (Wildman–Crippen MR) is 93.0 cm³/mol. The lowest BCUT2D eigenvalue weighted by molar-refractivity contribution is -0.117. The van der Waals surface area contributed by atoms with E-state index in [0.29, 0.717) is 12.0 Å². The molecule has 0 bridgehead atoms. The Bertz CT molecular complexity index is 800. The Kier molecular flexibility index (Phi) is 3.81. The third-order valence-electron chi connectivity index (χ3n) is 4.93. The molecule has 4 rings (SSSR count). The Balaban J connectivity index is 1.52. The molecule has 1 aliphatic heterocycles. The first-order valence-corrected chi connectivity index (χ1v) is 8.51. The topological polar surface area (TPSA) is 49.4 Å². The highest BCUT2D eigenvalue weighted by atomic mass is 16.2. The van der Waals surface area contributed by atoms with E-state index in [-0.39, 0.29) is 17.9 Å². The summed E-state index contributed by atoms with van der Waals surface area (Å²) in [7, 11) is 0. The lowest BCUT2D eigenvalue weighted by Crippen LogP contribution is -2.28. The SMILES string of the molecule is O=C(NC1CCc2ccccc21)c1cccc(N2CCCC2=O)c1. The number of carbonyl (C=O) groups is 2. The summed E-state index contributed by atoms with van der Waals surface area (Å²) in [5.74, 6) is 0.0578. The number of carbonyl (C=O) groups excluding carboxylic acids is 2. The van der Waals surface area contributed by atoms with E-state index in [1.807, 2.05) is 30.3 Å². The number of amides is 2. The van der Waals surface area contributed by atoms with Crippen molar-refractivity contribution in [3.8, 4) is 0 Å². The smallest absolute Gasteiger partial charge is 0.251 e. The van der Waals surface area contributed by atoms with Crippen LogP contribution in [-0.4, -0.2) is 18.4 Å². The van der Waals surface area contributed by atoms with Gasteiger partial charge in [0.15, 0.2) is 0 Å². The predicted octanol–water partition coefficient (Wildman–Crippen LogP) is 3.23. The first kappa shape index (κ1) is 14.9. The van der Waals surface area contributed by atoms with Crippen molar-refractivity contribution in [2.24, 2.45) is 0 Å². The number of hydrogen-bond acceptors (Lipinski definition) is 2. The fraction of sp³-hybridized carbons (Fsp3) is 0.300. The highest BCUT2D eigenvalue weighted by molar-refractivity contribution is 5.99. The Morgan fingerprint density at radius 2 is 1.96 bits per heavy atom. The quantitative estimate of drug-likeness (QED) is 0.944. The number of benzene rings is 2. The van der Waals surface area contributed by atoms with Gasteiger partial charge in [0.05, 0.1) is 6.04 Å². The highest BCUT2D eigenvalue weighted by Crippen LogP contribution is 2.31. The lowest BCUT2D eigenvalue weighted by atomic mass is 10.1. The first-order valence-electron chi connectivity index (χ1n) is 8.51. The zero-order valence-electron chi connectivity index (χ0n) is 13.5. The van der Waals surface area contributed by atoms with E-state index in [0.717, 1.165) is 31.5 Å². The average Bonchev–Trinajstić information content (AvgIpc) is 3.22. The molecule has 0 spiro atoms. The molecule has 1 aliphatic carbocycles. The van der Waals surface area contributed by atoms with Crippen LogP contribution in [0, 0.1) is 0 Å². The van der Waals surface area contributed by atoms with Crippen LogP contribution in [0.25, 0.3) is 0 Å². The van der Waals surface area contributed by atoms with Crippen molar-refractivity contribution >= 4 is 17.5 Å². The molecular formula is C20H20N2O2. The van der Waals surface area contributed by atoms with Crippen molar-refractivity contribution in [2.75, 3.05) is 11.4 Å². The van der Waals surface area contributed by atoms with Crippen LogP contribution in [0.4, 0.5) is 5.69 Å². The standard InChI is InChI=1S/C20H20N2O2/c23-19-9-4-12-22(19)16-7-3-6-15(13-16)20(24)21-18-11-10-14-5-1-2-8-17(14)18/h1-3,5-8,13,18H,4,9-12H2,(H,21,24). The van der Waals surface area contributed by atoms with Gasteiger partial charge in [0.2, 0.25) is 5.91 Å². The van der Waals surface area contributed by atoms with Crippen molar-refractivity contribution in [3.05, 3.63) is 65.2 Å². The molecule has 122 valence electrons. The molecule has 1 fully saturated rings. The molecule has 0 aromatic heterocycles. The largest absolute Gasteiger partial charge is 0.345 e. The normalized spacial score (nSPS) is 19.4. The van der Waals surface area contributed by atoms with E-state index in [1.165, 1.54) is 11.1 Å². The number of nitrogens with zero attached hydrogens (tertiary/aromatic N) is 1. The number of rotatable bonds is 3. The van der Waals surface area contributed by atoms with E-state index in [2.05, 4.69) is 17.4 Å². The lowest BCUT2D eigenvalue weighted by Gasteiger charge is -2.18. The van der Waals surface area contributed by atoms with Gasteiger partial charge >= 0.3 is 0 Å². The van der Waals surface area contributed by atoms with Crippen molar-refractivity contribution < 1.29 is 9.59 Å². The number of anilines is 1. The summed E-state index contributed by atoms with van der Waals surface area (Å²) in [6, 6.07) is 15.7. The summed E-state index contributed by atoms with van der Waals surface area (Å²) < 4.78 is 0. The minimum atomic E-state index is -0.0785. The second-order valence-electron chi connectivity index (χ2n) is 6.46. The van der Waals surface area contributed by atoms with Gasteiger partial charge in [0, 0.05) is 24.2 Å². The number of nitrogens with one attached hydrogen (secondary N) is 1. The molecule has 0 saturated carbocycles. The molecule has 2 amide bonds. The second-order valence-corrected chi connectivity index (χ2v) is 6.46. The minimum absolute atomic E-state index is 0.0748. The van der Waals surface area contributed by atoms with Crippen LogP contribution in [0.2, 0.25) is 0 Å². The summed E-state index contributed by atoms with van der Waals surface area (Å²) in [4.78, 5) is 26.3. The van der Waals surface area contributed by atoms with Crippen LogP contribution in [0.5, 0.6) is 0 Å². The van der Waals surface area contributed by atoms with E-state index in [9.17, 15) is 9.59 Å². The molecule has 2 aromatic rings. The number of aryl methyl sites for hydroxylation is 1. The summed E-state index contributed by atoms with van der Waals surface area (Å²) in [5, 5.41) is 3.14. The van der Waals surface area contributed by atoms with Gasteiger partial charge in [-0.05, 0) is 48.6 Å². The van der Waals surface area contributed by atoms with Crippen LogP contribution < -0.4 is 10.2 Å². The summed E-state index contributed by atoms with van der Waals surface area (Å²) in [5.41, 5.74) is 3.96. The van der Waals surface area contributed by atoms with Gasteiger partial charge in [-0.25, -0.2) is 0 Å². The van der Waals surface area contributed by atoms with Crippen molar-refractivity contribution in [2.45, 2.75) is 31.7 Å². The molecule has 24 heavy (non-hydrogen) atoms. The fourth-order valence-electron chi connectivity index (χ4n) is 3.68. The maximum Gasteiger partial charge on any atom is 0.251 e. The van der Waals surface area contributed by atoms with Crippen molar-refractivity contribution in [1.29, 1.82) is 0 Å². The molecular weight excluding hydrogens is 300 g/mol. The second kappa shape index (κ2) is 6.11. The summed E-state index contributed by atoms with van der Waals surface area (Å²) in [6.45, 7) is 0.736. The minimum Gasteiger partial charge on any atom is -0.345 e. The van der Waals surface area contributed by atoms with E-state index in [4.69, 9.17) is 0 Å². The van der Waals surface area contributed by atoms with Crippen LogP contribution >= 0.6 is 0 Å². The van der Waals surface area contributed by atoms with E-state index >= 15 is 0 Å². The van der Waals surface area contributed by atoms with Gasteiger partial charge in [-0.15, -0.1) is 0 Å². The Hall–Kier alpha value is -2.62. The molecule has 1 atom stereocenters. The molecule has 1 N–H and O–H groups in total. The molecule has 1 saturated heterocycles. The Morgan fingerprint density at radius 3 is 2.79 bits per heavy atom. The zero-order valence-corrected chi connectivity index (χ0v) is 13.5. The number of hydrogen-bond donors (Lipinski definition) is 1. The monoisotopic (exact) mass is 320 g/mol. The van der Waals surface area contributed by atoms with Gasteiger partial charge in [0.1, 0.15) is 0 Å². The van der Waals surface area contributed by atoms with Crippen LogP contribution in [0.15, 0.2) is 48.5 Å². The first-order chi connectivity index (χ1) is 11.7. The summed E-state index contributed by atoms with van der Waals surface area (Å²) in [6.07, 6.45) is 3.42. The van der Waals surface area contributed by atoms with Gasteiger partial charge in [-0.2, -0.15) is 0 Å².